The van der Waals surface area contributed by atoms with Crippen molar-refractivity contribution in [2.45, 2.75) is 103 Å². The summed E-state index contributed by atoms with van der Waals surface area (Å²) in [6, 6.07) is 0. The Labute approximate surface area is 149 Å². The molecule has 0 bridgehead atoms. The Hall–Kier alpha value is -0.380. The van der Waals surface area contributed by atoms with Crippen LogP contribution in [0, 0.1) is 0 Å². The normalized spacial score (nSPS) is 18.5. The summed E-state index contributed by atoms with van der Waals surface area (Å²) in [7, 11) is 0. The van der Waals surface area contributed by atoms with Crippen molar-refractivity contribution in [2.75, 3.05) is 19.8 Å². The molecule has 0 aromatic carbocycles. The lowest BCUT2D eigenvalue weighted by Crippen LogP contribution is -2.22. The molecule has 1 aliphatic heterocycles. The first-order valence-corrected chi connectivity index (χ1v) is 10.4. The summed E-state index contributed by atoms with van der Waals surface area (Å²) in [6.45, 7) is 2.07. The number of ether oxygens (including phenoxy) is 2. The van der Waals surface area contributed by atoms with Gasteiger partial charge in [0.2, 0.25) is 0 Å². The van der Waals surface area contributed by atoms with Crippen LogP contribution < -0.4 is 0 Å². The lowest BCUT2D eigenvalue weighted by Gasteiger charge is -2.22. The van der Waals surface area contributed by atoms with Crippen LogP contribution in [0.3, 0.4) is 0 Å². The summed E-state index contributed by atoms with van der Waals surface area (Å²) in [4.78, 5) is 0. The second-order valence-electron chi connectivity index (χ2n) is 6.97. The van der Waals surface area contributed by atoms with Gasteiger partial charge in [-0.05, 0) is 57.8 Å². The smallest absolute Gasteiger partial charge is 0.157 e. The molecule has 0 spiro atoms. The number of unbranched alkanes of at least 4 members (excludes halogenated alkanes) is 10. The zero-order chi connectivity index (χ0) is 17.1. The highest BCUT2D eigenvalue weighted by Crippen LogP contribution is 2.14. The van der Waals surface area contributed by atoms with Crippen LogP contribution in [0.5, 0.6) is 0 Å². The molecular weight excluding hydrogens is 300 g/mol. The molecule has 0 amide bonds. The Kier molecular flexibility index (Phi) is 15.7. The highest BCUT2D eigenvalue weighted by molar-refractivity contribution is 4.81. The molecular formula is C21H40O3. The quantitative estimate of drug-likeness (QED) is 0.287. The van der Waals surface area contributed by atoms with Gasteiger partial charge in [0, 0.05) is 19.8 Å². The number of rotatable bonds is 16. The zero-order valence-electron chi connectivity index (χ0n) is 15.7. The zero-order valence-corrected chi connectivity index (χ0v) is 15.7. The van der Waals surface area contributed by atoms with E-state index in [4.69, 9.17) is 14.6 Å². The van der Waals surface area contributed by atoms with Gasteiger partial charge >= 0.3 is 0 Å². The van der Waals surface area contributed by atoms with E-state index in [1.54, 1.807) is 0 Å². The summed E-state index contributed by atoms with van der Waals surface area (Å²) < 4.78 is 11.3. The van der Waals surface area contributed by atoms with Crippen LogP contribution in [0.1, 0.15) is 96.3 Å². The summed E-state index contributed by atoms with van der Waals surface area (Å²) in [5.74, 6) is 0. The van der Waals surface area contributed by atoms with Crippen LogP contribution in [-0.4, -0.2) is 31.2 Å². The van der Waals surface area contributed by atoms with Gasteiger partial charge in [-0.15, -0.1) is 0 Å². The minimum atomic E-state index is 0.0731. The summed E-state index contributed by atoms with van der Waals surface area (Å²) in [6.07, 6.45) is 23.3. The Morgan fingerprint density at radius 3 is 2.04 bits per heavy atom. The molecule has 1 heterocycles. The maximum Gasteiger partial charge on any atom is 0.157 e. The highest BCUT2D eigenvalue weighted by atomic mass is 16.7. The molecule has 1 N–H and O–H groups in total. The molecule has 1 fully saturated rings. The average molecular weight is 341 g/mol. The van der Waals surface area contributed by atoms with Crippen molar-refractivity contribution < 1.29 is 14.6 Å². The van der Waals surface area contributed by atoms with Crippen molar-refractivity contribution in [3.8, 4) is 0 Å². The van der Waals surface area contributed by atoms with Gasteiger partial charge in [0.25, 0.3) is 0 Å². The van der Waals surface area contributed by atoms with Gasteiger partial charge in [0.05, 0.1) is 0 Å². The Bertz CT molecular complexity index is 272. The molecule has 1 saturated heterocycles. The molecule has 0 saturated carbocycles. The van der Waals surface area contributed by atoms with Crippen molar-refractivity contribution in [1.29, 1.82) is 0 Å². The molecule has 1 rings (SSSR count). The van der Waals surface area contributed by atoms with Crippen molar-refractivity contribution in [3.63, 3.8) is 0 Å². The minimum absolute atomic E-state index is 0.0731. The lowest BCUT2D eigenvalue weighted by atomic mass is 10.1. The van der Waals surface area contributed by atoms with E-state index >= 15 is 0 Å². The first-order chi connectivity index (χ1) is 11.9. The number of aliphatic hydroxyl groups is 1. The number of hydrogen-bond acceptors (Lipinski definition) is 3. The molecule has 3 heteroatoms. The molecule has 0 aromatic rings. The summed E-state index contributed by atoms with van der Waals surface area (Å²) in [5.41, 5.74) is 0. The number of allylic oxidation sites excluding steroid dienone is 2. The standard InChI is InChI=1S/C21H40O3/c22-18-14-11-9-7-5-3-1-2-4-6-8-10-12-15-19-23-21-17-13-16-20-24-21/h6,8,21-22H,1-5,7,9-20H2/b8-6-. The van der Waals surface area contributed by atoms with E-state index in [1.165, 1.54) is 77.0 Å². The van der Waals surface area contributed by atoms with Crippen LogP contribution in [0.4, 0.5) is 0 Å². The van der Waals surface area contributed by atoms with Gasteiger partial charge < -0.3 is 14.6 Å². The highest BCUT2D eigenvalue weighted by Gasteiger charge is 2.12. The molecule has 1 aliphatic rings. The lowest BCUT2D eigenvalue weighted by molar-refractivity contribution is -0.162. The van der Waals surface area contributed by atoms with Crippen molar-refractivity contribution in [2.24, 2.45) is 0 Å². The van der Waals surface area contributed by atoms with Gasteiger partial charge in [-0.3, -0.25) is 0 Å². The van der Waals surface area contributed by atoms with Gasteiger partial charge in [-0.1, -0.05) is 50.7 Å². The third-order valence-corrected chi connectivity index (χ3v) is 4.65. The van der Waals surface area contributed by atoms with Gasteiger partial charge in [0.1, 0.15) is 0 Å². The fourth-order valence-electron chi connectivity index (χ4n) is 3.09. The topological polar surface area (TPSA) is 38.7 Å². The van der Waals surface area contributed by atoms with E-state index < -0.39 is 0 Å². The molecule has 24 heavy (non-hydrogen) atoms. The van der Waals surface area contributed by atoms with E-state index in [2.05, 4.69) is 12.2 Å². The molecule has 142 valence electrons. The molecule has 1 atom stereocenters. The Morgan fingerprint density at radius 2 is 1.42 bits per heavy atom. The van der Waals surface area contributed by atoms with Crippen molar-refractivity contribution in [3.05, 3.63) is 12.2 Å². The Balaban J connectivity index is 1.72. The van der Waals surface area contributed by atoms with Crippen LogP contribution in [0.15, 0.2) is 12.2 Å². The van der Waals surface area contributed by atoms with Crippen LogP contribution in [0.25, 0.3) is 0 Å². The molecule has 0 radical (unpaired) electrons. The SMILES string of the molecule is OCCCCCCCCCC/C=C\CCCCOC1CCCCO1. The maximum atomic E-state index is 8.71. The van der Waals surface area contributed by atoms with Gasteiger partial charge in [0.15, 0.2) is 6.29 Å². The second kappa shape index (κ2) is 17.4. The molecule has 1 unspecified atom stereocenters. The van der Waals surface area contributed by atoms with Crippen LogP contribution in [0.2, 0.25) is 0 Å². The third-order valence-electron chi connectivity index (χ3n) is 4.65. The van der Waals surface area contributed by atoms with Crippen molar-refractivity contribution >= 4 is 0 Å². The fourth-order valence-corrected chi connectivity index (χ4v) is 3.09. The van der Waals surface area contributed by atoms with Crippen molar-refractivity contribution in [1.82, 2.24) is 0 Å². The van der Waals surface area contributed by atoms with Crippen LogP contribution in [-0.2, 0) is 9.47 Å². The van der Waals surface area contributed by atoms with E-state index in [0.29, 0.717) is 6.61 Å². The molecule has 3 nitrogen and oxygen atoms in total. The van der Waals surface area contributed by atoms with Crippen LogP contribution >= 0.6 is 0 Å². The van der Waals surface area contributed by atoms with E-state index in [1.807, 2.05) is 0 Å². The number of aliphatic hydroxyl groups excluding tert-OH is 1. The van der Waals surface area contributed by atoms with Gasteiger partial charge in [-0.2, -0.15) is 0 Å². The largest absolute Gasteiger partial charge is 0.396 e. The first kappa shape index (κ1) is 21.7. The summed E-state index contributed by atoms with van der Waals surface area (Å²) in [5, 5.41) is 8.71. The molecule has 0 aliphatic carbocycles. The average Bonchev–Trinajstić information content (AvgIpc) is 2.62. The van der Waals surface area contributed by atoms with E-state index in [-0.39, 0.29) is 6.29 Å². The molecule has 0 aromatic heterocycles. The van der Waals surface area contributed by atoms with E-state index in [0.717, 1.165) is 32.5 Å². The predicted molar refractivity (Wildman–Crippen MR) is 101 cm³/mol. The number of hydrogen-bond donors (Lipinski definition) is 1. The van der Waals surface area contributed by atoms with E-state index in [9.17, 15) is 0 Å². The van der Waals surface area contributed by atoms with Gasteiger partial charge in [-0.25, -0.2) is 0 Å². The third kappa shape index (κ3) is 14.0. The summed E-state index contributed by atoms with van der Waals surface area (Å²) >= 11 is 0. The fraction of sp³-hybridized carbons (Fsp3) is 0.905. The Morgan fingerprint density at radius 1 is 0.792 bits per heavy atom. The first-order valence-electron chi connectivity index (χ1n) is 10.4. The minimum Gasteiger partial charge on any atom is -0.396 e. The maximum absolute atomic E-state index is 8.71. The second-order valence-corrected chi connectivity index (χ2v) is 6.97. The predicted octanol–water partition coefficient (Wildman–Crippen LogP) is 5.76. The monoisotopic (exact) mass is 340 g/mol.